The minimum Gasteiger partial charge on any atom is -0.329 e. The van der Waals surface area contributed by atoms with E-state index in [-0.39, 0.29) is 5.54 Å². The standard InChI is InChI=1S/C17H28ClN3/c1-17(13-19,11-14-6-8-15(18)9-7-14)21(3)12-16-5-4-10-20(16)2/h6-9,16H,4-5,10-13,19H2,1-3H3. The van der Waals surface area contributed by atoms with Gasteiger partial charge < -0.3 is 10.6 Å². The monoisotopic (exact) mass is 309 g/mol. The van der Waals surface area contributed by atoms with E-state index in [4.69, 9.17) is 17.3 Å². The Morgan fingerprint density at radius 3 is 2.57 bits per heavy atom. The molecule has 21 heavy (non-hydrogen) atoms. The highest BCUT2D eigenvalue weighted by atomic mass is 35.5. The Morgan fingerprint density at radius 1 is 1.38 bits per heavy atom. The molecule has 1 aromatic rings. The second kappa shape index (κ2) is 7.10. The number of likely N-dealkylation sites (tertiary alicyclic amines) is 1. The fourth-order valence-electron chi connectivity index (χ4n) is 3.15. The summed E-state index contributed by atoms with van der Waals surface area (Å²) in [5.74, 6) is 0. The lowest BCUT2D eigenvalue weighted by Gasteiger charge is -2.40. The van der Waals surface area contributed by atoms with E-state index < -0.39 is 0 Å². The highest BCUT2D eigenvalue weighted by Gasteiger charge is 2.31. The molecule has 1 heterocycles. The van der Waals surface area contributed by atoms with Gasteiger partial charge in [0.1, 0.15) is 0 Å². The summed E-state index contributed by atoms with van der Waals surface area (Å²) < 4.78 is 0. The lowest BCUT2D eigenvalue weighted by Crippen LogP contribution is -2.54. The average molecular weight is 310 g/mol. The van der Waals surface area contributed by atoms with Crippen LogP contribution < -0.4 is 5.73 Å². The quantitative estimate of drug-likeness (QED) is 0.877. The van der Waals surface area contributed by atoms with Crippen molar-refractivity contribution in [2.24, 2.45) is 5.73 Å². The van der Waals surface area contributed by atoms with Crippen molar-refractivity contribution < 1.29 is 0 Å². The molecule has 1 fully saturated rings. The molecule has 4 heteroatoms. The Kier molecular flexibility index (Phi) is 5.67. The molecule has 3 nitrogen and oxygen atoms in total. The van der Waals surface area contributed by atoms with E-state index in [1.54, 1.807) is 0 Å². The van der Waals surface area contributed by atoms with Crippen LogP contribution in [0.4, 0.5) is 0 Å². The maximum Gasteiger partial charge on any atom is 0.0406 e. The maximum atomic E-state index is 6.11. The summed E-state index contributed by atoms with van der Waals surface area (Å²) in [6.07, 6.45) is 3.56. The lowest BCUT2D eigenvalue weighted by molar-refractivity contribution is 0.110. The van der Waals surface area contributed by atoms with Crippen molar-refractivity contribution in [2.75, 3.05) is 33.7 Å². The molecular formula is C17H28ClN3. The van der Waals surface area contributed by atoms with Crippen molar-refractivity contribution in [2.45, 2.75) is 37.8 Å². The molecule has 118 valence electrons. The van der Waals surface area contributed by atoms with E-state index in [0.29, 0.717) is 12.6 Å². The van der Waals surface area contributed by atoms with Gasteiger partial charge in [-0.3, -0.25) is 4.90 Å². The Bertz CT molecular complexity index is 448. The molecule has 2 N–H and O–H groups in total. The van der Waals surface area contributed by atoms with Crippen LogP contribution in [-0.4, -0.2) is 55.1 Å². The molecule has 0 radical (unpaired) electrons. The summed E-state index contributed by atoms with van der Waals surface area (Å²) in [5.41, 5.74) is 7.39. The van der Waals surface area contributed by atoms with Crippen LogP contribution >= 0.6 is 11.6 Å². The van der Waals surface area contributed by atoms with Crippen molar-refractivity contribution in [3.05, 3.63) is 34.9 Å². The van der Waals surface area contributed by atoms with Crippen LogP contribution in [0.1, 0.15) is 25.3 Å². The third-order valence-electron chi connectivity index (χ3n) is 5.02. The van der Waals surface area contributed by atoms with Gasteiger partial charge in [-0.1, -0.05) is 23.7 Å². The Hall–Kier alpha value is -0.610. The van der Waals surface area contributed by atoms with Crippen molar-refractivity contribution >= 4 is 11.6 Å². The van der Waals surface area contributed by atoms with Crippen molar-refractivity contribution in [1.82, 2.24) is 9.80 Å². The summed E-state index contributed by atoms with van der Waals surface area (Å²) in [5, 5.41) is 0.786. The normalized spacial score (nSPS) is 22.7. The van der Waals surface area contributed by atoms with E-state index in [0.717, 1.165) is 18.0 Å². The fourth-order valence-corrected chi connectivity index (χ4v) is 3.28. The molecule has 0 aromatic heterocycles. The van der Waals surface area contributed by atoms with E-state index in [1.165, 1.54) is 24.9 Å². The molecule has 1 aromatic carbocycles. The molecule has 2 unspecified atom stereocenters. The second-order valence-electron chi connectivity index (χ2n) is 6.66. The van der Waals surface area contributed by atoms with Crippen LogP contribution in [-0.2, 0) is 6.42 Å². The molecule has 0 amide bonds. The van der Waals surface area contributed by atoms with E-state index in [1.807, 2.05) is 12.1 Å². The topological polar surface area (TPSA) is 32.5 Å². The molecule has 1 aliphatic heterocycles. The third kappa shape index (κ3) is 4.19. The SMILES string of the molecule is CN1CCCC1CN(C)C(C)(CN)Cc1ccc(Cl)cc1. The Balaban J connectivity index is 2.02. The van der Waals surface area contributed by atoms with Gasteiger partial charge in [-0.05, 0) is 64.5 Å². The summed E-state index contributed by atoms with van der Waals surface area (Å²) in [6.45, 7) is 5.21. The van der Waals surface area contributed by atoms with Gasteiger partial charge in [-0.15, -0.1) is 0 Å². The number of nitrogens with two attached hydrogens (primary N) is 1. The van der Waals surface area contributed by atoms with Gasteiger partial charge in [0, 0.05) is 29.7 Å². The minimum absolute atomic E-state index is 0.0166. The zero-order chi connectivity index (χ0) is 15.5. The zero-order valence-corrected chi connectivity index (χ0v) is 14.2. The molecule has 0 spiro atoms. The summed E-state index contributed by atoms with van der Waals surface area (Å²) >= 11 is 5.97. The highest BCUT2D eigenvalue weighted by molar-refractivity contribution is 6.30. The van der Waals surface area contributed by atoms with Gasteiger partial charge in [0.2, 0.25) is 0 Å². The largest absolute Gasteiger partial charge is 0.329 e. The number of rotatable bonds is 6. The van der Waals surface area contributed by atoms with Gasteiger partial charge in [0.25, 0.3) is 0 Å². The molecule has 2 atom stereocenters. The Labute approximate surface area is 134 Å². The number of nitrogens with zero attached hydrogens (tertiary/aromatic N) is 2. The predicted molar refractivity (Wildman–Crippen MR) is 90.9 cm³/mol. The van der Waals surface area contributed by atoms with Crippen LogP contribution in [0.2, 0.25) is 5.02 Å². The minimum atomic E-state index is -0.0166. The number of likely N-dealkylation sites (N-methyl/N-ethyl adjacent to an activating group) is 2. The fraction of sp³-hybridized carbons (Fsp3) is 0.647. The van der Waals surface area contributed by atoms with Crippen LogP contribution in [0.5, 0.6) is 0 Å². The number of halogens is 1. The van der Waals surface area contributed by atoms with Gasteiger partial charge in [0.05, 0.1) is 0 Å². The summed E-state index contributed by atoms with van der Waals surface area (Å²) in [4.78, 5) is 4.91. The molecule has 0 saturated carbocycles. The van der Waals surface area contributed by atoms with Gasteiger partial charge in [-0.25, -0.2) is 0 Å². The first-order valence-corrected chi connectivity index (χ1v) is 8.18. The predicted octanol–water partition coefficient (Wildman–Crippen LogP) is 2.63. The molecule has 0 bridgehead atoms. The van der Waals surface area contributed by atoms with Crippen LogP contribution in [0.25, 0.3) is 0 Å². The second-order valence-corrected chi connectivity index (χ2v) is 7.10. The zero-order valence-electron chi connectivity index (χ0n) is 13.5. The number of hydrogen-bond acceptors (Lipinski definition) is 3. The van der Waals surface area contributed by atoms with Crippen LogP contribution in [0, 0.1) is 0 Å². The Morgan fingerprint density at radius 2 is 2.05 bits per heavy atom. The first-order chi connectivity index (χ1) is 9.94. The van der Waals surface area contributed by atoms with E-state index in [2.05, 4.69) is 43.0 Å². The molecular weight excluding hydrogens is 282 g/mol. The maximum absolute atomic E-state index is 6.11. The smallest absolute Gasteiger partial charge is 0.0406 e. The van der Waals surface area contributed by atoms with E-state index >= 15 is 0 Å². The summed E-state index contributed by atoms with van der Waals surface area (Å²) in [7, 11) is 4.43. The number of benzene rings is 1. The van der Waals surface area contributed by atoms with Gasteiger partial charge in [0.15, 0.2) is 0 Å². The molecule has 2 rings (SSSR count). The van der Waals surface area contributed by atoms with Gasteiger partial charge in [-0.2, -0.15) is 0 Å². The van der Waals surface area contributed by atoms with E-state index in [9.17, 15) is 0 Å². The first-order valence-electron chi connectivity index (χ1n) is 7.80. The third-order valence-corrected chi connectivity index (χ3v) is 5.27. The molecule has 0 aliphatic carbocycles. The molecule has 1 aliphatic rings. The summed E-state index contributed by atoms with van der Waals surface area (Å²) in [6, 6.07) is 8.78. The highest BCUT2D eigenvalue weighted by Crippen LogP contribution is 2.23. The molecule has 1 saturated heterocycles. The average Bonchev–Trinajstić information content (AvgIpc) is 2.86. The van der Waals surface area contributed by atoms with Gasteiger partial charge >= 0.3 is 0 Å². The van der Waals surface area contributed by atoms with Crippen LogP contribution in [0.15, 0.2) is 24.3 Å². The van der Waals surface area contributed by atoms with Crippen molar-refractivity contribution in [3.63, 3.8) is 0 Å². The van der Waals surface area contributed by atoms with Crippen molar-refractivity contribution in [3.8, 4) is 0 Å². The number of hydrogen-bond donors (Lipinski definition) is 1. The lowest BCUT2D eigenvalue weighted by atomic mass is 9.90. The van der Waals surface area contributed by atoms with Crippen LogP contribution in [0.3, 0.4) is 0 Å². The first kappa shape index (κ1) is 16.8. The van der Waals surface area contributed by atoms with Crippen molar-refractivity contribution in [1.29, 1.82) is 0 Å².